The number of carbonyl (C=O) groups is 2. The van der Waals surface area contributed by atoms with Gasteiger partial charge in [0, 0.05) is 23.8 Å². The average Bonchev–Trinajstić information content (AvgIpc) is 2.90. The van der Waals surface area contributed by atoms with Crippen molar-refractivity contribution in [1.29, 1.82) is 0 Å². The van der Waals surface area contributed by atoms with Gasteiger partial charge in [0.1, 0.15) is 0 Å². The fourth-order valence-electron chi connectivity index (χ4n) is 3.83. The third kappa shape index (κ3) is 3.36. The lowest BCUT2D eigenvalue weighted by molar-refractivity contribution is -0.148. The van der Waals surface area contributed by atoms with E-state index >= 15 is 0 Å². The van der Waals surface area contributed by atoms with Gasteiger partial charge in [-0.15, -0.1) is 0 Å². The first-order chi connectivity index (χ1) is 12.4. The molecule has 138 valence electrons. The number of carbonyl (C=O) groups excluding carboxylic acids is 1. The lowest BCUT2D eigenvalue weighted by Gasteiger charge is -2.37. The molecular weight excluding hydrogens is 330 g/mol. The van der Waals surface area contributed by atoms with Crippen LogP contribution in [0.1, 0.15) is 36.7 Å². The number of amides is 1. The first-order valence-electron chi connectivity index (χ1n) is 9.03. The zero-order chi connectivity index (χ0) is 18.8. The summed E-state index contributed by atoms with van der Waals surface area (Å²) in [5, 5.41) is 14.0. The number of nitrogens with zero attached hydrogens (tertiary/aromatic N) is 3. The topological polar surface area (TPSA) is 75.4 Å². The van der Waals surface area contributed by atoms with E-state index in [9.17, 15) is 14.7 Å². The summed E-state index contributed by atoms with van der Waals surface area (Å²) in [5.41, 5.74) is 3.66. The number of aromatic nitrogens is 2. The summed E-state index contributed by atoms with van der Waals surface area (Å²) in [4.78, 5) is 26.0. The molecular formula is C20H25N3O3. The van der Waals surface area contributed by atoms with Crippen molar-refractivity contribution in [3.05, 3.63) is 47.3 Å². The van der Waals surface area contributed by atoms with Gasteiger partial charge in [-0.25, -0.2) is 4.68 Å². The Balaban J connectivity index is 1.82. The summed E-state index contributed by atoms with van der Waals surface area (Å²) >= 11 is 0. The fraction of sp³-hybridized carbons (Fsp3) is 0.450. The molecule has 2 heterocycles. The van der Waals surface area contributed by atoms with E-state index in [4.69, 9.17) is 0 Å². The van der Waals surface area contributed by atoms with Crippen molar-refractivity contribution in [1.82, 2.24) is 14.7 Å². The third-order valence-electron chi connectivity index (χ3n) is 5.40. The van der Waals surface area contributed by atoms with Gasteiger partial charge in [0.25, 0.3) is 0 Å². The van der Waals surface area contributed by atoms with Gasteiger partial charge in [-0.05, 0) is 45.7 Å². The highest BCUT2D eigenvalue weighted by Crippen LogP contribution is 2.26. The lowest BCUT2D eigenvalue weighted by Crippen LogP contribution is -2.49. The molecule has 1 aliphatic heterocycles. The van der Waals surface area contributed by atoms with Crippen LogP contribution in [0.3, 0.4) is 0 Å². The number of hydrogen-bond acceptors (Lipinski definition) is 3. The monoisotopic (exact) mass is 355 g/mol. The molecule has 0 unspecified atom stereocenters. The summed E-state index contributed by atoms with van der Waals surface area (Å²) in [6.07, 6.45) is 1.61. The van der Waals surface area contributed by atoms with Gasteiger partial charge in [0.2, 0.25) is 5.91 Å². The van der Waals surface area contributed by atoms with E-state index in [2.05, 4.69) is 5.10 Å². The second-order valence-corrected chi connectivity index (χ2v) is 6.99. The van der Waals surface area contributed by atoms with E-state index in [1.165, 1.54) is 0 Å². The summed E-state index contributed by atoms with van der Waals surface area (Å²) in [5.74, 6) is -1.33. The number of carboxylic acids is 1. The summed E-state index contributed by atoms with van der Waals surface area (Å²) < 4.78 is 1.86. The number of aliphatic carboxylic acids is 1. The SMILES string of the molecule is Cc1nn(-c2ccccc2)c(C)c1CC(=O)N1CCC[C@@H](C(=O)O)[C@H]1C. The minimum atomic E-state index is -0.820. The molecule has 1 aromatic heterocycles. The van der Waals surface area contributed by atoms with E-state index < -0.39 is 11.9 Å². The second kappa shape index (κ2) is 7.32. The Morgan fingerprint density at radius 3 is 2.58 bits per heavy atom. The van der Waals surface area contributed by atoms with Crippen LogP contribution in [0.2, 0.25) is 0 Å². The van der Waals surface area contributed by atoms with Gasteiger partial charge < -0.3 is 10.0 Å². The molecule has 2 atom stereocenters. The van der Waals surface area contributed by atoms with Gasteiger partial charge in [-0.1, -0.05) is 18.2 Å². The highest BCUT2D eigenvalue weighted by Gasteiger charge is 2.35. The second-order valence-electron chi connectivity index (χ2n) is 6.99. The first-order valence-corrected chi connectivity index (χ1v) is 9.03. The number of para-hydroxylation sites is 1. The van der Waals surface area contributed by atoms with E-state index in [0.29, 0.717) is 13.0 Å². The van der Waals surface area contributed by atoms with Crippen LogP contribution in [0.5, 0.6) is 0 Å². The molecule has 1 N–H and O–H groups in total. The number of likely N-dealkylation sites (tertiary alicyclic amines) is 1. The zero-order valence-electron chi connectivity index (χ0n) is 15.5. The molecule has 2 aromatic rings. The maximum atomic E-state index is 12.9. The van der Waals surface area contributed by atoms with Crippen LogP contribution in [0.25, 0.3) is 5.69 Å². The Morgan fingerprint density at radius 2 is 1.92 bits per heavy atom. The average molecular weight is 355 g/mol. The molecule has 1 fully saturated rings. The highest BCUT2D eigenvalue weighted by molar-refractivity contribution is 5.81. The van der Waals surface area contributed by atoms with Gasteiger partial charge in [0.05, 0.1) is 23.7 Å². The molecule has 1 saturated heterocycles. The molecule has 0 aliphatic carbocycles. The van der Waals surface area contributed by atoms with Crippen molar-refractivity contribution in [2.24, 2.45) is 5.92 Å². The summed E-state index contributed by atoms with van der Waals surface area (Å²) in [6.45, 7) is 6.34. The van der Waals surface area contributed by atoms with Crippen LogP contribution < -0.4 is 0 Å². The number of aryl methyl sites for hydroxylation is 1. The van der Waals surface area contributed by atoms with Gasteiger partial charge in [0.15, 0.2) is 0 Å². The van der Waals surface area contributed by atoms with Crippen LogP contribution in [0, 0.1) is 19.8 Å². The van der Waals surface area contributed by atoms with E-state index in [1.54, 1.807) is 4.90 Å². The third-order valence-corrected chi connectivity index (χ3v) is 5.40. The van der Waals surface area contributed by atoms with Crippen LogP contribution in [-0.4, -0.2) is 44.3 Å². The molecule has 26 heavy (non-hydrogen) atoms. The Labute approximate surface area is 153 Å². The van der Waals surface area contributed by atoms with Crippen LogP contribution in [0.4, 0.5) is 0 Å². The van der Waals surface area contributed by atoms with E-state index in [1.807, 2.05) is 55.8 Å². The molecule has 0 spiro atoms. The zero-order valence-corrected chi connectivity index (χ0v) is 15.5. The Kier molecular flexibility index (Phi) is 5.11. The van der Waals surface area contributed by atoms with Crippen molar-refractivity contribution < 1.29 is 14.7 Å². The molecule has 1 aliphatic rings. The smallest absolute Gasteiger partial charge is 0.308 e. The molecule has 3 rings (SSSR count). The van der Waals surface area contributed by atoms with E-state index in [-0.39, 0.29) is 18.4 Å². The largest absolute Gasteiger partial charge is 0.481 e. The van der Waals surface area contributed by atoms with E-state index in [0.717, 1.165) is 29.1 Å². The maximum Gasteiger partial charge on any atom is 0.308 e. The van der Waals surface area contributed by atoms with Crippen molar-refractivity contribution in [3.63, 3.8) is 0 Å². The normalized spacial score (nSPS) is 20.2. The standard InChI is InChI=1S/C20H25N3O3/c1-13-18(15(3)23(21-13)16-8-5-4-6-9-16)12-19(24)22-11-7-10-17(14(22)2)20(25)26/h4-6,8-9,14,17H,7,10-12H2,1-3H3,(H,25,26)/t14-,17-/m1/s1. The number of hydrogen-bond donors (Lipinski definition) is 1. The Bertz CT molecular complexity index is 813. The van der Waals surface area contributed by atoms with Crippen LogP contribution in [-0.2, 0) is 16.0 Å². The molecule has 1 aromatic carbocycles. The van der Waals surface area contributed by atoms with Crippen molar-refractivity contribution in [3.8, 4) is 5.69 Å². The van der Waals surface area contributed by atoms with Gasteiger partial charge in [-0.3, -0.25) is 9.59 Å². The van der Waals surface area contributed by atoms with Crippen LogP contribution >= 0.6 is 0 Å². The van der Waals surface area contributed by atoms with Crippen molar-refractivity contribution in [2.75, 3.05) is 6.54 Å². The molecule has 6 heteroatoms. The van der Waals surface area contributed by atoms with Crippen molar-refractivity contribution in [2.45, 2.75) is 46.1 Å². The molecule has 0 saturated carbocycles. The minimum absolute atomic E-state index is 0.0257. The van der Waals surface area contributed by atoms with Crippen molar-refractivity contribution >= 4 is 11.9 Å². The number of carboxylic acid groups (broad SMARTS) is 1. The predicted octanol–water partition coefficient (Wildman–Crippen LogP) is 2.74. The number of benzene rings is 1. The number of piperidine rings is 1. The number of rotatable bonds is 4. The Hall–Kier alpha value is -2.63. The summed E-state index contributed by atoms with van der Waals surface area (Å²) in [7, 11) is 0. The Morgan fingerprint density at radius 1 is 1.23 bits per heavy atom. The summed E-state index contributed by atoms with van der Waals surface area (Å²) in [6, 6.07) is 9.55. The predicted molar refractivity (Wildman–Crippen MR) is 98.3 cm³/mol. The minimum Gasteiger partial charge on any atom is -0.481 e. The lowest BCUT2D eigenvalue weighted by atomic mass is 9.90. The quantitative estimate of drug-likeness (QED) is 0.915. The first kappa shape index (κ1) is 18.2. The van der Waals surface area contributed by atoms with Crippen LogP contribution in [0.15, 0.2) is 30.3 Å². The van der Waals surface area contributed by atoms with Gasteiger partial charge in [-0.2, -0.15) is 5.10 Å². The van der Waals surface area contributed by atoms with Gasteiger partial charge >= 0.3 is 5.97 Å². The molecule has 6 nitrogen and oxygen atoms in total. The molecule has 0 radical (unpaired) electrons. The highest BCUT2D eigenvalue weighted by atomic mass is 16.4. The fourth-order valence-corrected chi connectivity index (χ4v) is 3.83. The molecule has 0 bridgehead atoms. The maximum absolute atomic E-state index is 12.9. The molecule has 1 amide bonds.